The van der Waals surface area contributed by atoms with Gasteiger partial charge in [0, 0.05) is 12.3 Å². The third-order valence-electron chi connectivity index (χ3n) is 3.94. The molecule has 0 bridgehead atoms. The number of fused-ring (bicyclic) bond motifs is 1. The zero-order chi connectivity index (χ0) is 20.5. The number of para-hydroxylation sites is 1. The van der Waals surface area contributed by atoms with E-state index < -0.39 is 23.7 Å². The molecule has 0 atom stereocenters. The predicted molar refractivity (Wildman–Crippen MR) is 97.8 cm³/mol. The average Bonchev–Trinajstić information content (AvgIpc) is 2.68. The zero-order valence-corrected chi connectivity index (χ0v) is 14.7. The van der Waals surface area contributed by atoms with E-state index in [0.717, 1.165) is 12.1 Å². The fraction of sp³-hybridized carbons (Fsp3) is 0.0952. The molecule has 3 aromatic rings. The largest absolute Gasteiger partial charge is 0.507 e. The van der Waals surface area contributed by atoms with Crippen LogP contribution in [0.25, 0.3) is 0 Å². The van der Waals surface area contributed by atoms with Crippen molar-refractivity contribution in [3.63, 3.8) is 0 Å². The highest BCUT2D eigenvalue weighted by Gasteiger charge is 2.65. The second-order valence-corrected chi connectivity index (χ2v) is 6.11. The van der Waals surface area contributed by atoms with Crippen LogP contribution in [0.3, 0.4) is 0 Å². The lowest BCUT2D eigenvalue weighted by molar-refractivity contribution is -0.391. The summed E-state index contributed by atoms with van der Waals surface area (Å²) in [6.07, 6.45) is -8.12. The highest BCUT2D eigenvalue weighted by atomic mass is 19.3. The molecule has 4 nitrogen and oxygen atoms in total. The number of ether oxygens (including phenoxy) is 3. The van der Waals surface area contributed by atoms with Crippen LogP contribution in [-0.2, 0) is 0 Å². The van der Waals surface area contributed by atoms with Gasteiger partial charge in [-0.05, 0) is 48.0 Å². The molecule has 0 amide bonds. The van der Waals surface area contributed by atoms with E-state index in [1.807, 2.05) is 30.3 Å². The van der Waals surface area contributed by atoms with Gasteiger partial charge in [-0.1, -0.05) is 24.3 Å². The van der Waals surface area contributed by atoms with Crippen molar-refractivity contribution in [2.24, 2.45) is 4.99 Å². The molecule has 0 saturated carbocycles. The first-order valence-corrected chi connectivity index (χ1v) is 8.47. The summed E-state index contributed by atoms with van der Waals surface area (Å²) in [5.74, 6) is 0.260. The molecule has 1 aliphatic heterocycles. The number of hydrogen-bond acceptors (Lipinski definition) is 4. The van der Waals surface area contributed by atoms with E-state index in [-0.39, 0.29) is 0 Å². The molecule has 0 fully saturated rings. The zero-order valence-electron chi connectivity index (χ0n) is 14.7. The summed E-state index contributed by atoms with van der Waals surface area (Å²) in [6, 6.07) is 19.8. The van der Waals surface area contributed by atoms with Crippen molar-refractivity contribution in [3.05, 3.63) is 78.4 Å². The standard InChI is InChI=1S/C21H13F4NO3/c22-20(23)21(24,25)29-19-11-14(9-10-18(19)28-20)13-26-15-5-4-8-17(12-15)27-16-6-2-1-3-7-16/h1-13H. The first kappa shape index (κ1) is 18.8. The van der Waals surface area contributed by atoms with Gasteiger partial charge in [0.15, 0.2) is 11.5 Å². The lowest BCUT2D eigenvalue weighted by Gasteiger charge is -2.31. The van der Waals surface area contributed by atoms with E-state index in [1.54, 1.807) is 24.3 Å². The molecule has 0 unspecified atom stereocenters. The molecule has 1 heterocycles. The maximum Gasteiger partial charge on any atom is 0.507 e. The van der Waals surface area contributed by atoms with E-state index in [2.05, 4.69) is 14.5 Å². The van der Waals surface area contributed by atoms with E-state index in [0.29, 0.717) is 22.7 Å². The van der Waals surface area contributed by atoms with Crippen LogP contribution in [0.15, 0.2) is 77.8 Å². The van der Waals surface area contributed by atoms with Crippen LogP contribution in [0.5, 0.6) is 23.0 Å². The van der Waals surface area contributed by atoms with Crippen molar-refractivity contribution < 1.29 is 31.8 Å². The summed E-state index contributed by atoms with van der Waals surface area (Å²) in [6.45, 7) is 0. The number of benzene rings is 3. The molecular formula is C21H13F4NO3. The first-order valence-electron chi connectivity index (χ1n) is 8.47. The van der Waals surface area contributed by atoms with Crippen molar-refractivity contribution in [2.75, 3.05) is 0 Å². The number of nitrogens with zero attached hydrogens (tertiary/aromatic N) is 1. The number of halogens is 4. The third-order valence-corrected chi connectivity index (χ3v) is 3.94. The van der Waals surface area contributed by atoms with Crippen LogP contribution in [0.1, 0.15) is 5.56 Å². The normalized spacial score (nSPS) is 16.6. The molecule has 3 aromatic carbocycles. The minimum Gasteiger partial charge on any atom is -0.457 e. The maximum atomic E-state index is 13.3. The average molecular weight is 403 g/mol. The second kappa shape index (κ2) is 7.12. The molecule has 0 aliphatic carbocycles. The van der Waals surface area contributed by atoms with Crippen molar-refractivity contribution in [3.8, 4) is 23.0 Å². The summed E-state index contributed by atoms with van der Waals surface area (Å²) in [5.41, 5.74) is 0.910. The fourth-order valence-electron chi connectivity index (χ4n) is 2.57. The Morgan fingerprint density at radius 1 is 0.724 bits per heavy atom. The Kier molecular flexibility index (Phi) is 4.62. The minimum absolute atomic E-state index is 0.364. The monoisotopic (exact) mass is 403 g/mol. The van der Waals surface area contributed by atoms with Gasteiger partial charge in [0.1, 0.15) is 11.5 Å². The van der Waals surface area contributed by atoms with Crippen LogP contribution in [-0.4, -0.2) is 18.4 Å². The summed E-state index contributed by atoms with van der Waals surface area (Å²) in [5, 5.41) is 0. The van der Waals surface area contributed by atoms with Gasteiger partial charge in [0.05, 0.1) is 5.69 Å². The molecule has 148 valence electrons. The minimum atomic E-state index is -4.77. The molecule has 0 N–H and O–H groups in total. The van der Waals surface area contributed by atoms with E-state index in [4.69, 9.17) is 4.74 Å². The van der Waals surface area contributed by atoms with Crippen LogP contribution in [0.2, 0.25) is 0 Å². The molecule has 1 aliphatic rings. The van der Waals surface area contributed by atoms with Crippen molar-refractivity contribution >= 4 is 11.9 Å². The summed E-state index contributed by atoms with van der Waals surface area (Å²) in [7, 11) is 0. The van der Waals surface area contributed by atoms with Gasteiger partial charge >= 0.3 is 12.2 Å². The quantitative estimate of drug-likeness (QED) is 0.385. The number of rotatable bonds is 4. The van der Waals surface area contributed by atoms with Crippen molar-refractivity contribution in [2.45, 2.75) is 12.2 Å². The second-order valence-electron chi connectivity index (χ2n) is 6.11. The first-order chi connectivity index (χ1) is 13.8. The van der Waals surface area contributed by atoms with Gasteiger partial charge in [-0.2, -0.15) is 17.6 Å². The van der Waals surface area contributed by atoms with Gasteiger partial charge in [0.25, 0.3) is 0 Å². The van der Waals surface area contributed by atoms with Gasteiger partial charge in [0.2, 0.25) is 0 Å². The van der Waals surface area contributed by atoms with Crippen molar-refractivity contribution in [1.82, 2.24) is 0 Å². The van der Waals surface area contributed by atoms with Crippen LogP contribution < -0.4 is 14.2 Å². The molecule has 4 rings (SSSR count). The SMILES string of the molecule is FC1(F)Oc2ccc(C=Nc3cccc(Oc4ccccc4)c3)cc2OC1(F)F. The van der Waals surface area contributed by atoms with Crippen LogP contribution in [0.4, 0.5) is 23.2 Å². The molecular weight excluding hydrogens is 390 g/mol. The highest BCUT2D eigenvalue weighted by Crippen LogP contribution is 2.46. The molecule has 8 heteroatoms. The van der Waals surface area contributed by atoms with E-state index in [1.165, 1.54) is 12.3 Å². The van der Waals surface area contributed by atoms with Gasteiger partial charge in [-0.25, -0.2) is 0 Å². The van der Waals surface area contributed by atoms with E-state index >= 15 is 0 Å². The van der Waals surface area contributed by atoms with Crippen LogP contribution in [0, 0.1) is 0 Å². The Bertz CT molecular complexity index is 1050. The molecule has 0 radical (unpaired) electrons. The molecule has 29 heavy (non-hydrogen) atoms. The molecule has 0 spiro atoms. The van der Waals surface area contributed by atoms with Gasteiger partial charge < -0.3 is 14.2 Å². The molecule has 0 aromatic heterocycles. The summed E-state index contributed by atoms with van der Waals surface area (Å²) in [4.78, 5) is 4.26. The Hall–Kier alpha value is -3.55. The lowest BCUT2D eigenvalue weighted by Crippen LogP contribution is -2.52. The molecule has 0 saturated heterocycles. The highest BCUT2D eigenvalue weighted by molar-refractivity contribution is 5.83. The fourth-order valence-corrected chi connectivity index (χ4v) is 2.57. The third kappa shape index (κ3) is 4.01. The summed E-state index contributed by atoms with van der Waals surface area (Å²) < 4.78 is 66.9. The Labute approximate surface area is 163 Å². The Balaban J connectivity index is 1.52. The number of hydrogen-bond donors (Lipinski definition) is 0. The van der Waals surface area contributed by atoms with Gasteiger partial charge in [-0.3, -0.25) is 4.99 Å². The maximum absolute atomic E-state index is 13.3. The topological polar surface area (TPSA) is 40.0 Å². The lowest BCUT2D eigenvalue weighted by atomic mass is 10.2. The predicted octanol–water partition coefficient (Wildman–Crippen LogP) is 6.19. The number of alkyl halides is 4. The Morgan fingerprint density at radius 3 is 2.17 bits per heavy atom. The van der Waals surface area contributed by atoms with Crippen LogP contribution >= 0.6 is 0 Å². The van der Waals surface area contributed by atoms with E-state index in [9.17, 15) is 17.6 Å². The summed E-state index contributed by atoms with van der Waals surface area (Å²) >= 11 is 0. The Morgan fingerprint density at radius 2 is 1.41 bits per heavy atom. The number of aliphatic imine (C=N–C) groups is 1. The van der Waals surface area contributed by atoms with Crippen molar-refractivity contribution in [1.29, 1.82) is 0 Å². The van der Waals surface area contributed by atoms with Gasteiger partial charge in [-0.15, -0.1) is 0 Å². The smallest absolute Gasteiger partial charge is 0.457 e.